The molecule has 4 nitrogen and oxygen atoms in total. The summed E-state index contributed by atoms with van der Waals surface area (Å²) in [6.45, 7) is 0.171. The molecular weight excluding hydrogens is 240 g/mol. The standard InChI is InChI=1S/C12H11F2N3O/c13-9-4-3-8(10(14)6-9)7-17-5-1-2-11(17)12(15)16-18/h1-6,18H,7H2,(H2,15,16). The molecule has 0 saturated heterocycles. The number of halogens is 2. The lowest BCUT2D eigenvalue weighted by molar-refractivity contribution is 0.318. The Morgan fingerprint density at radius 2 is 2.11 bits per heavy atom. The van der Waals surface area contributed by atoms with Gasteiger partial charge in [-0.3, -0.25) is 0 Å². The van der Waals surface area contributed by atoms with Gasteiger partial charge < -0.3 is 15.5 Å². The first-order valence-corrected chi connectivity index (χ1v) is 5.19. The normalized spacial score (nSPS) is 11.8. The van der Waals surface area contributed by atoms with Gasteiger partial charge in [0.15, 0.2) is 5.84 Å². The van der Waals surface area contributed by atoms with E-state index in [1.165, 1.54) is 12.1 Å². The van der Waals surface area contributed by atoms with Crippen LogP contribution in [0, 0.1) is 11.6 Å². The molecule has 6 heteroatoms. The summed E-state index contributed by atoms with van der Waals surface area (Å²) in [7, 11) is 0. The van der Waals surface area contributed by atoms with Crippen molar-refractivity contribution in [2.45, 2.75) is 6.54 Å². The van der Waals surface area contributed by atoms with Crippen LogP contribution in [0.25, 0.3) is 0 Å². The molecule has 0 saturated carbocycles. The third kappa shape index (κ3) is 2.32. The lowest BCUT2D eigenvalue weighted by Crippen LogP contribution is -2.18. The molecule has 2 rings (SSSR count). The first-order chi connectivity index (χ1) is 8.61. The average Bonchev–Trinajstić information content (AvgIpc) is 2.80. The number of hydrogen-bond donors (Lipinski definition) is 2. The largest absolute Gasteiger partial charge is 0.409 e. The number of aromatic nitrogens is 1. The van der Waals surface area contributed by atoms with E-state index in [0.717, 1.165) is 6.07 Å². The fourth-order valence-corrected chi connectivity index (χ4v) is 1.67. The summed E-state index contributed by atoms with van der Waals surface area (Å²) in [5.74, 6) is -1.32. The number of nitrogens with two attached hydrogens (primary N) is 1. The minimum atomic E-state index is -0.630. The molecule has 1 heterocycles. The Labute approximate surface area is 102 Å². The van der Waals surface area contributed by atoms with E-state index in [1.807, 2.05) is 0 Å². The van der Waals surface area contributed by atoms with Gasteiger partial charge in [0.05, 0.1) is 12.2 Å². The van der Waals surface area contributed by atoms with Crippen molar-refractivity contribution in [2.75, 3.05) is 0 Å². The van der Waals surface area contributed by atoms with Gasteiger partial charge in [0, 0.05) is 17.8 Å². The van der Waals surface area contributed by atoms with Crippen LogP contribution in [0.2, 0.25) is 0 Å². The monoisotopic (exact) mass is 251 g/mol. The first kappa shape index (κ1) is 12.1. The van der Waals surface area contributed by atoms with E-state index in [-0.39, 0.29) is 12.4 Å². The summed E-state index contributed by atoms with van der Waals surface area (Å²) < 4.78 is 27.9. The first-order valence-electron chi connectivity index (χ1n) is 5.19. The summed E-state index contributed by atoms with van der Waals surface area (Å²) in [6, 6.07) is 6.69. The molecule has 0 unspecified atom stereocenters. The van der Waals surface area contributed by atoms with Crippen LogP contribution in [0.4, 0.5) is 8.78 Å². The van der Waals surface area contributed by atoms with Crippen LogP contribution in [-0.4, -0.2) is 15.6 Å². The summed E-state index contributed by atoms with van der Waals surface area (Å²) in [5.41, 5.74) is 6.26. The Bertz CT molecular complexity index is 593. The van der Waals surface area contributed by atoms with E-state index in [2.05, 4.69) is 5.16 Å². The van der Waals surface area contributed by atoms with Gasteiger partial charge in [-0.25, -0.2) is 8.78 Å². The SMILES string of the molecule is N/C(=N/O)c1cccn1Cc1ccc(F)cc1F. The molecule has 0 aliphatic heterocycles. The maximum atomic E-state index is 13.5. The van der Waals surface area contributed by atoms with Crippen molar-refractivity contribution >= 4 is 5.84 Å². The van der Waals surface area contributed by atoms with Crippen LogP contribution in [0.3, 0.4) is 0 Å². The fourth-order valence-electron chi connectivity index (χ4n) is 1.67. The Balaban J connectivity index is 2.32. The molecule has 0 radical (unpaired) electrons. The highest BCUT2D eigenvalue weighted by molar-refractivity contribution is 5.95. The van der Waals surface area contributed by atoms with E-state index in [9.17, 15) is 8.78 Å². The molecule has 0 atom stereocenters. The molecule has 1 aromatic heterocycles. The van der Waals surface area contributed by atoms with E-state index in [4.69, 9.17) is 10.9 Å². The van der Waals surface area contributed by atoms with Gasteiger partial charge in [-0.15, -0.1) is 0 Å². The van der Waals surface area contributed by atoms with Gasteiger partial charge in [0.2, 0.25) is 0 Å². The molecule has 18 heavy (non-hydrogen) atoms. The second kappa shape index (κ2) is 4.87. The minimum Gasteiger partial charge on any atom is -0.409 e. The molecule has 0 spiro atoms. The van der Waals surface area contributed by atoms with Gasteiger partial charge in [-0.05, 0) is 18.2 Å². The Morgan fingerprint density at radius 1 is 1.33 bits per heavy atom. The second-order valence-electron chi connectivity index (χ2n) is 3.74. The van der Waals surface area contributed by atoms with Crippen molar-refractivity contribution in [3.8, 4) is 0 Å². The molecule has 3 N–H and O–H groups in total. The highest BCUT2D eigenvalue weighted by Crippen LogP contribution is 2.13. The summed E-state index contributed by atoms with van der Waals surface area (Å²) >= 11 is 0. The molecule has 0 aliphatic rings. The van der Waals surface area contributed by atoms with E-state index in [0.29, 0.717) is 11.3 Å². The summed E-state index contributed by atoms with van der Waals surface area (Å²) in [5, 5.41) is 11.5. The molecule has 1 aromatic carbocycles. The zero-order valence-corrected chi connectivity index (χ0v) is 9.35. The van der Waals surface area contributed by atoms with Crippen molar-refractivity contribution in [3.05, 3.63) is 59.4 Å². The maximum Gasteiger partial charge on any atom is 0.186 e. The zero-order chi connectivity index (χ0) is 13.1. The predicted molar refractivity (Wildman–Crippen MR) is 62.4 cm³/mol. The van der Waals surface area contributed by atoms with E-state index < -0.39 is 11.6 Å². The van der Waals surface area contributed by atoms with Crippen LogP contribution in [0.15, 0.2) is 41.7 Å². The highest BCUT2D eigenvalue weighted by Gasteiger charge is 2.09. The Morgan fingerprint density at radius 3 is 2.78 bits per heavy atom. The third-order valence-corrected chi connectivity index (χ3v) is 2.56. The van der Waals surface area contributed by atoms with Gasteiger partial charge in [0.25, 0.3) is 0 Å². The Kier molecular flexibility index (Phi) is 3.27. The molecule has 2 aromatic rings. The smallest absolute Gasteiger partial charge is 0.186 e. The minimum absolute atomic E-state index is 0.0671. The number of oxime groups is 1. The van der Waals surface area contributed by atoms with Crippen molar-refractivity contribution in [3.63, 3.8) is 0 Å². The lowest BCUT2D eigenvalue weighted by atomic mass is 10.2. The summed E-state index contributed by atoms with van der Waals surface area (Å²) in [4.78, 5) is 0. The fraction of sp³-hybridized carbons (Fsp3) is 0.0833. The van der Waals surface area contributed by atoms with Crippen molar-refractivity contribution in [1.82, 2.24) is 4.57 Å². The maximum absolute atomic E-state index is 13.5. The number of hydrogen-bond acceptors (Lipinski definition) is 2. The topological polar surface area (TPSA) is 63.5 Å². The quantitative estimate of drug-likeness (QED) is 0.379. The Hall–Kier alpha value is -2.37. The summed E-state index contributed by atoms with van der Waals surface area (Å²) in [6.07, 6.45) is 1.66. The molecule has 0 fully saturated rings. The van der Waals surface area contributed by atoms with Gasteiger partial charge in [0.1, 0.15) is 11.6 Å². The predicted octanol–water partition coefficient (Wildman–Crippen LogP) is 1.91. The zero-order valence-electron chi connectivity index (χ0n) is 9.35. The molecule has 0 amide bonds. The van der Waals surface area contributed by atoms with Crippen LogP contribution in [-0.2, 0) is 6.54 Å². The van der Waals surface area contributed by atoms with E-state index in [1.54, 1.807) is 22.9 Å². The second-order valence-corrected chi connectivity index (χ2v) is 3.74. The molecular formula is C12H11F2N3O. The molecule has 0 bridgehead atoms. The van der Waals surface area contributed by atoms with Crippen LogP contribution >= 0.6 is 0 Å². The van der Waals surface area contributed by atoms with Crippen LogP contribution in [0.5, 0.6) is 0 Å². The molecule has 94 valence electrons. The lowest BCUT2D eigenvalue weighted by Gasteiger charge is -2.09. The van der Waals surface area contributed by atoms with Gasteiger partial charge in [-0.1, -0.05) is 11.2 Å². The number of rotatable bonds is 3. The highest BCUT2D eigenvalue weighted by atomic mass is 19.1. The number of amidine groups is 1. The van der Waals surface area contributed by atoms with Crippen molar-refractivity contribution < 1.29 is 14.0 Å². The van der Waals surface area contributed by atoms with Crippen LogP contribution in [0.1, 0.15) is 11.3 Å². The van der Waals surface area contributed by atoms with Gasteiger partial charge in [-0.2, -0.15) is 0 Å². The molecule has 0 aliphatic carbocycles. The van der Waals surface area contributed by atoms with Crippen molar-refractivity contribution in [1.29, 1.82) is 0 Å². The third-order valence-electron chi connectivity index (χ3n) is 2.56. The van der Waals surface area contributed by atoms with E-state index >= 15 is 0 Å². The van der Waals surface area contributed by atoms with Crippen LogP contribution < -0.4 is 5.73 Å². The van der Waals surface area contributed by atoms with Gasteiger partial charge >= 0.3 is 0 Å². The average molecular weight is 251 g/mol. The number of benzene rings is 1. The number of nitrogens with zero attached hydrogens (tertiary/aromatic N) is 2. The van der Waals surface area contributed by atoms with Crippen molar-refractivity contribution in [2.24, 2.45) is 10.9 Å².